The molecule has 0 aromatic rings. The van der Waals surface area contributed by atoms with E-state index in [1.54, 1.807) is 26.0 Å². The van der Waals surface area contributed by atoms with Crippen molar-refractivity contribution >= 4 is 5.78 Å². The zero-order valence-electron chi connectivity index (χ0n) is 7.35. The number of ketones is 1. The number of carbonyl (C=O) groups excluding carboxylic acids is 1. The van der Waals surface area contributed by atoms with Crippen LogP contribution < -0.4 is 5.73 Å². The predicted octanol–water partition coefficient (Wildman–Crippen LogP) is 1.43. The first-order valence-corrected chi connectivity index (χ1v) is 3.55. The topological polar surface area (TPSA) is 43.1 Å². The Hall–Kier alpha value is -0.890. The number of allylic oxidation sites excluding steroid dienone is 2. The van der Waals surface area contributed by atoms with Crippen molar-refractivity contribution in [1.82, 2.24) is 0 Å². The van der Waals surface area contributed by atoms with Crippen molar-refractivity contribution < 1.29 is 4.79 Å². The van der Waals surface area contributed by atoms with Gasteiger partial charge in [-0.2, -0.15) is 0 Å². The number of carbonyl (C=O) groups is 1. The first kappa shape index (κ1) is 10.1. The third-order valence-electron chi connectivity index (χ3n) is 1.24. The number of hydrogen-bond donors (Lipinski definition) is 1. The monoisotopic (exact) mass is 153 g/mol. The molecule has 0 amide bonds. The van der Waals surface area contributed by atoms with E-state index in [4.69, 9.17) is 5.73 Å². The summed E-state index contributed by atoms with van der Waals surface area (Å²) in [5, 5.41) is 0. The van der Waals surface area contributed by atoms with Gasteiger partial charge in [-0.1, -0.05) is 18.7 Å². The molecule has 0 saturated carbocycles. The fourth-order valence-electron chi connectivity index (χ4n) is 0.691. The maximum Gasteiger partial charge on any atom is 0.181 e. The van der Waals surface area contributed by atoms with Gasteiger partial charge in [0.05, 0.1) is 5.54 Å². The summed E-state index contributed by atoms with van der Waals surface area (Å²) in [4.78, 5) is 11.3. The zero-order valence-corrected chi connectivity index (χ0v) is 7.35. The van der Waals surface area contributed by atoms with Crippen molar-refractivity contribution in [3.05, 3.63) is 24.3 Å². The fourth-order valence-corrected chi connectivity index (χ4v) is 0.691. The van der Waals surface area contributed by atoms with E-state index in [2.05, 4.69) is 6.58 Å². The Kier molecular flexibility index (Phi) is 3.20. The molecule has 62 valence electrons. The molecule has 0 heterocycles. The van der Waals surface area contributed by atoms with E-state index in [0.29, 0.717) is 5.57 Å². The molecule has 0 spiro atoms. The molecular formula is C9H15NO. The van der Waals surface area contributed by atoms with E-state index in [-0.39, 0.29) is 5.78 Å². The van der Waals surface area contributed by atoms with Crippen molar-refractivity contribution in [2.75, 3.05) is 0 Å². The number of hydrogen-bond acceptors (Lipinski definition) is 2. The van der Waals surface area contributed by atoms with Gasteiger partial charge in [-0.3, -0.25) is 4.79 Å². The van der Waals surface area contributed by atoms with E-state index in [0.717, 1.165) is 0 Å². The van der Waals surface area contributed by atoms with Crippen molar-refractivity contribution in [2.24, 2.45) is 5.73 Å². The molecule has 0 saturated heterocycles. The highest BCUT2D eigenvalue weighted by atomic mass is 16.1. The lowest BCUT2D eigenvalue weighted by Crippen LogP contribution is -2.41. The molecule has 0 aromatic heterocycles. The van der Waals surface area contributed by atoms with Crippen molar-refractivity contribution in [3.63, 3.8) is 0 Å². The van der Waals surface area contributed by atoms with Crippen LogP contribution in [0.15, 0.2) is 24.3 Å². The highest BCUT2D eigenvalue weighted by Crippen LogP contribution is 2.07. The third kappa shape index (κ3) is 3.14. The molecule has 2 nitrogen and oxygen atoms in total. The molecule has 0 aliphatic heterocycles. The molecule has 2 heteroatoms. The molecule has 2 N–H and O–H groups in total. The Balaban J connectivity index is 4.39. The van der Waals surface area contributed by atoms with Crippen LogP contribution in [0.25, 0.3) is 0 Å². The van der Waals surface area contributed by atoms with E-state index in [9.17, 15) is 4.79 Å². The predicted molar refractivity (Wildman–Crippen MR) is 47.2 cm³/mol. The molecule has 0 aromatic carbocycles. The van der Waals surface area contributed by atoms with Crippen molar-refractivity contribution in [3.8, 4) is 0 Å². The summed E-state index contributed by atoms with van der Waals surface area (Å²) in [6.45, 7) is 8.77. The smallest absolute Gasteiger partial charge is 0.181 e. The van der Waals surface area contributed by atoms with Crippen LogP contribution in [0.1, 0.15) is 20.8 Å². The van der Waals surface area contributed by atoms with Crippen LogP contribution in [0.5, 0.6) is 0 Å². The van der Waals surface area contributed by atoms with Gasteiger partial charge in [0.1, 0.15) is 0 Å². The maximum absolute atomic E-state index is 11.3. The molecule has 0 bridgehead atoms. The highest BCUT2D eigenvalue weighted by molar-refractivity contribution is 6.03. The van der Waals surface area contributed by atoms with E-state index in [1.807, 2.05) is 6.92 Å². The minimum Gasteiger partial charge on any atom is -0.319 e. The Morgan fingerprint density at radius 3 is 2.27 bits per heavy atom. The van der Waals surface area contributed by atoms with Gasteiger partial charge in [-0.05, 0) is 20.8 Å². The second-order valence-electron chi connectivity index (χ2n) is 3.08. The second-order valence-corrected chi connectivity index (χ2v) is 3.08. The largest absolute Gasteiger partial charge is 0.319 e. The standard InChI is InChI=1S/C9H15NO/c1-5-6-7(2)8(11)9(3,4)10/h5-6H,2,10H2,1,3-4H3. The summed E-state index contributed by atoms with van der Waals surface area (Å²) >= 11 is 0. The summed E-state index contributed by atoms with van der Waals surface area (Å²) in [6, 6.07) is 0. The Morgan fingerprint density at radius 2 is 2.00 bits per heavy atom. The first-order chi connectivity index (χ1) is 4.89. The van der Waals surface area contributed by atoms with Gasteiger partial charge in [-0.25, -0.2) is 0 Å². The van der Waals surface area contributed by atoms with Gasteiger partial charge in [0.25, 0.3) is 0 Å². The lowest BCUT2D eigenvalue weighted by Gasteiger charge is -2.16. The third-order valence-corrected chi connectivity index (χ3v) is 1.24. The average Bonchev–Trinajstić information content (AvgIpc) is 1.85. The number of rotatable bonds is 3. The summed E-state index contributed by atoms with van der Waals surface area (Å²) in [6.07, 6.45) is 3.43. The summed E-state index contributed by atoms with van der Waals surface area (Å²) in [7, 11) is 0. The lowest BCUT2D eigenvalue weighted by atomic mass is 9.95. The Bertz CT molecular complexity index is 196. The zero-order chi connectivity index (χ0) is 9.07. The van der Waals surface area contributed by atoms with Gasteiger partial charge in [0.15, 0.2) is 5.78 Å². The van der Waals surface area contributed by atoms with Crippen LogP contribution in [-0.2, 0) is 4.79 Å². The SMILES string of the molecule is C=C(C=CC)C(=O)C(C)(C)N. The number of Topliss-reactive ketones (excluding diaryl/α,β-unsaturated/α-hetero) is 1. The first-order valence-electron chi connectivity index (χ1n) is 3.55. The van der Waals surface area contributed by atoms with Crippen LogP contribution in [0, 0.1) is 0 Å². The maximum atomic E-state index is 11.3. The van der Waals surface area contributed by atoms with Gasteiger partial charge >= 0.3 is 0 Å². The van der Waals surface area contributed by atoms with Crippen LogP contribution in [0.4, 0.5) is 0 Å². The van der Waals surface area contributed by atoms with Crippen molar-refractivity contribution in [2.45, 2.75) is 26.3 Å². The molecule has 0 atom stereocenters. The van der Waals surface area contributed by atoms with Crippen LogP contribution in [-0.4, -0.2) is 11.3 Å². The normalized spacial score (nSPS) is 12.0. The minimum absolute atomic E-state index is 0.115. The van der Waals surface area contributed by atoms with Gasteiger partial charge in [-0.15, -0.1) is 0 Å². The van der Waals surface area contributed by atoms with Crippen LogP contribution >= 0.6 is 0 Å². The van der Waals surface area contributed by atoms with Crippen LogP contribution in [0.2, 0.25) is 0 Å². The minimum atomic E-state index is -0.809. The Labute approximate surface area is 67.8 Å². The van der Waals surface area contributed by atoms with Gasteiger partial charge in [0, 0.05) is 5.57 Å². The lowest BCUT2D eigenvalue weighted by molar-refractivity contribution is -0.119. The number of nitrogens with two attached hydrogens (primary N) is 1. The molecule has 0 radical (unpaired) electrons. The molecule has 0 unspecified atom stereocenters. The molecule has 0 rings (SSSR count). The summed E-state index contributed by atoms with van der Waals surface area (Å²) in [5.41, 5.74) is 5.22. The molecule has 11 heavy (non-hydrogen) atoms. The van der Waals surface area contributed by atoms with Crippen LogP contribution in [0.3, 0.4) is 0 Å². The summed E-state index contributed by atoms with van der Waals surface area (Å²) < 4.78 is 0. The Morgan fingerprint density at radius 1 is 1.55 bits per heavy atom. The fraction of sp³-hybridized carbons (Fsp3) is 0.444. The van der Waals surface area contributed by atoms with E-state index in [1.165, 1.54) is 0 Å². The van der Waals surface area contributed by atoms with E-state index < -0.39 is 5.54 Å². The quantitative estimate of drug-likeness (QED) is 0.492. The molecule has 0 aliphatic carbocycles. The molecule has 0 aliphatic rings. The average molecular weight is 153 g/mol. The summed E-state index contributed by atoms with van der Waals surface area (Å²) in [5.74, 6) is -0.115. The molecule has 0 fully saturated rings. The van der Waals surface area contributed by atoms with Gasteiger partial charge in [0.2, 0.25) is 0 Å². The van der Waals surface area contributed by atoms with Gasteiger partial charge < -0.3 is 5.73 Å². The highest BCUT2D eigenvalue weighted by Gasteiger charge is 2.22. The van der Waals surface area contributed by atoms with E-state index >= 15 is 0 Å². The van der Waals surface area contributed by atoms with Crippen molar-refractivity contribution in [1.29, 1.82) is 0 Å². The molecular weight excluding hydrogens is 138 g/mol. The second kappa shape index (κ2) is 3.49.